The molecule has 268 valence electrons. The van der Waals surface area contributed by atoms with Crippen LogP contribution in [0, 0.1) is 0 Å². The highest BCUT2D eigenvalue weighted by Gasteiger charge is 2.37. The van der Waals surface area contributed by atoms with Gasteiger partial charge in [-0.05, 0) is 134 Å². The summed E-state index contributed by atoms with van der Waals surface area (Å²) < 4.78 is 0. The van der Waals surface area contributed by atoms with E-state index in [4.69, 9.17) is 0 Å². The molecule has 0 unspecified atom stereocenters. The van der Waals surface area contributed by atoms with Gasteiger partial charge in [-0.3, -0.25) is 0 Å². The molecule has 0 saturated heterocycles. The average molecular weight is 725 g/mol. The van der Waals surface area contributed by atoms with Gasteiger partial charge in [0.15, 0.2) is 0 Å². The first-order valence-corrected chi connectivity index (χ1v) is 20.0. The molecule has 0 heteroatoms. The second kappa shape index (κ2) is 13.0. The summed E-state index contributed by atoms with van der Waals surface area (Å²) in [5, 5.41) is 7.65. The molecule has 1 aliphatic carbocycles. The maximum atomic E-state index is 2.54. The Morgan fingerprint density at radius 2 is 0.684 bits per heavy atom. The Hall–Kier alpha value is -7.02. The molecule has 0 nitrogen and oxygen atoms in total. The highest BCUT2D eigenvalue weighted by atomic mass is 14.4. The Kier molecular flexibility index (Phi) is 7.63. The largest absolute Gasteiger partial charge is 0.0622 e. The predicted octanol–water partition coefficient (Wildman–Crippen LogP) is 15.8. The van der Waals surface area contributed by atoms with Crippen molar-refractivity contribution in [1.82, 2.24) is 0 Å². The van der Waals surface area contributed by atoms with Crippen LogP contribution in [0.1, 0.15) is 25.0 Å². The van der Waals surface area contributed by atoms with Crippen molar-refractivity contribution in [1.29, 1.82) is 0 Å². The van der Waals surface area contributed by atoms with Gasteiger partial charge in [-0.2, -0.15) is 0 Å². The normalized spacial score (nSPS) is 12.9. The van der Waals surface area contributed by atoms with E-state index in [-0.39, 0.29) is 5.41 Å². The smallest absolute Gasteiger partial charge is 0.0159 e. The maximum Gasteiger partial charge on any atom is 0.0159 e. The number of hydrogen-bond acceptors (Lipinski definition) is 0. The fraction of sp³-hybridized carbons (Fsp3) is 0.0526. The van der Waals surface area contributed by atoms with Gasteiger partial charge in [-0.25, -0.2) is 0 Å². The molecule has 0 amide bonds. The first kappa shape index (κ1) is 33.3. The van der Waals surface area contributed by atoms with Crippen LogP contribution in [0.3, 0.4) is 0 Å². The fourth-order valence-electron chi connectivity index (χ4n) is 9.49. The first-order valence-electron chi connectivity index (χ1n) is 20.0. The van der Waals surface area contributed by atoms with E-state index in [0.717, 1.165) is 0 Å². The van der Waals surface area contributed by atoms with E-state index >= 15 is 0 Å². The molecular weight excluding hydrogens is 685 g/mol. The second-order valence-electron chi connectivity index (χ2n) is 16.1. The van der Waals surface area contributed by atoms with E-state index in [1.54, 1.807) is 0 Å². The van der Waals surface area contributed by atoms with Crippen LogP contribution in [0.4, 0.5) is 0 Å². The van der Waals surface area contributed by atoms with Crippen molar-refractivity contribution < 1.29 is 0 Å². The third-order valence-corrected chi connectivity index (χ3v) is 12.5. The summed E-state index contributed by atoms with van der Waals surface area (Å²) in [7, 11) is 0. The van der Waals surface area contributed by atoms with Crippen molar-refractivity contribution in [2.24, 2.45) is 0 Å². The summed E-state index contributed by atoms with van der Waals surface area (Å²) in [6.07, 6.45) is 0. The predicted molar refractivity (Wildman–Crippen MR) is 244 cm³/mol. The van der Waals surface area contributed by atoms with Gasteiger partial charge in [0.2, 0.25) is 0 Å². The molecule has 0 aromatic heterocycles. The first-order chi connectivity index (χ1) is 28.0. The summed E-state index contributed by atoms with van der Waals surface area (Å²) in [4.78, 5) is 0. The fourth-order valence-corrected chi connectivity index (χ4v) is 9.49. The summed E-state index contributed by atoms with van der Waals surface area (Å²) >= 11 is 0. The Balaban J connectivity index is 1.15. The number of hydrogen-bond donors (Lipinski definition) is 0. The second-order valence-corrected chi connectivity index (χ2v) is 16.1. The average Bonchev–Trinajstić information content (AvgIpc) is 3.49. The van der Waals surface area contributed by atoms with Gasteiger partial charge in [0.1, 0.15) is 0 Å². The lowest BCUT2D eigenvalue weighted by Gasteiger charge is -2.24. The van der Waals surface area contributed by atoms with Crippen molar-refractivity contribution in [3.05, 3.63) is 217 Å². The third-order valence-electron chi connectivity index (χ3n) is 12.5. The van der Waals surface area contributed by atoms with Crippen LogP contribution in [0.5, 0.6) is 0 Å². The van der Waals surface area contributed by atoms with Crippen LogP contribution in [-0.4, -0.2) is 0 Å². The van der Waals surface area contributed by atoms with Crippen LogP contribution in [0.25, 0.3) is 99.1 Å². The standard InChI is InChI=1S/C57H40/c1-57(2)53-34-46(45-30-25-39-17-9-10-18-44(39)33-45)31-32-47(53)50-35-51-52(36-54(50)57)56(43-28-23-41(24-29-43)38-15-7-4-8-16-38)49-20-12-11-19-48(49)55(51)42-26-21-40(22-27-42)37-13-5-3-6-14-37/h3-36H,1-2H3. The van der Waals surface area contributed by atoms with E-state index in [1.165, 1.54) is 110 Å². The molecule has 0 saturated carbocycles. The molecule has 0 spiro atoms. The minimum Gasteiger partial charge on any atom is -0.0622 e. The molecule has 10 aromatic rings. The molecule has 57 heavy (non-hydrogen) atoms. The molecule has 11 rings (SSSR count). The molecule has 0 heterocycles. The molecule has 0 aliphatic heterocycles. The molecule has 0 radical (unpaired) electrons. The maximum absolute atomic E-state index is 2.54. The summed E-state index contributed by atoms with van der Waals surface area (Å²) in [5.41, 5.74) is 17.7. The number of fused-ring (bicyclic) bond motifs is 6. The van der Waals surface area contributed by atoms with Crippen molar-refractivity contribution in [3.63, 3.8) is 0 Å². The minimum absolute atomic E-state index is 0.191. The van der Waals surface area contributed by atoms with Crippen LogP contribution in [-0.2, 0) is 5.41 Å². The lowest BCUT2D eigenvalue weighted by molar-refractivity contribution is 0.661. The van der Waals surface area contributed by atoms with Gasteiger partial charge in [-0.1, -0.05) is 196 Å². The van der Waals surface area contributed by atoms with Crippen molar-refractivity contribution in [2.45, 2.75) is 19.3 Å². The topological polar surface area (TPSA) is 0 Å². The minimum atomic E-state index is -0.191. The molecular formula is C57H40. The SMILES string of the molecule is CC1(C)c2cc(-c3ccc4ccccc4c3)ccc2-c2cc3c(-c4ccc(-c5ccccc5)cc4)c4ccccc4c(-c4ccc(-c5ccccc5)cc4)c3cc21. The van der Waals surface area contributed by atoms with Gasteiger partial charge in [-0.15, -0.1) is 0 Å². The zero-order valence-corrected chi connectivity index (χ0v) is 32.1. The van der Waals surface area contributed by atoms with Gasteiger partial charge in [0.25, 0.3) is 0 Å². The third kappa shape index (κ3) is 5.44. The molecule has 0 bridgehead atoms. The van der Waals surface area contributed by atoms with E-state index in [9.17, 15) is 0 Å². The molecule has 1 aliphatic rings. The summed E-state index contributed by atoms with van der Waals surface area (Å²) in [6.45, 7) is 4.82. The summed E-state index contributed by atoms with van der Waals surface area (Å²) in [6, 6.07) is 76.4. The highest BCUT2D eigenvalue weighted by molar-refractivity contribution is 6.22. The monoisotopic (exact) mass is 724 g/mol. The lowest BCUT2D eigenvalue weighted by Crippen LogP contribution is -2.15. The van der Waals surface area contributed by atoms with Crippen molar-refractivity contribution in [3.8, 4) is 66.8 Å². The summed E-state index contributed by atoms with van der Waals surface area (Å²) in [5.74, 6) is 0. The van der Waals surface area contributed by atoms with Gasteiger partial charge < -0.3 is 0 Å². The zero-order valence-electron chi connectivity index (χ0n) is 32.1. The molecule has 0 N–H and O–H groups in total. The Morgan fingerprint density at radius 3 is 1.28 bits per heavy atom. The molecule has 10 aromatic carbocycles. The van der Waals surface area contributed by atoms with E-state index in [0.29, 0.717) is 0 Å². The van der Waals surface area contributed by atoms with Gasteiger partial charge in [0, 0.05) is 5.41 Å². The van der Waals surface area contributed by atoms with E-state index in [1.807, 2.05) is 0 Å². The number of benzene rings is 10. The van der Waals surface area contributed by atoms with Crippen molar-refractivity contribution >= 4 is 32.3 Å². The zero-order chi connectivity index (χ0) is 38.1. The van der Waals surface area contributed by atoms with E-state index < -0.39 is 0 Å². The Labute approximate surface area is 334 Å². The van der Waals surface area contributed by atoms with Crippen LogP contribution >= 0.6 is 0 Å². The van der Waals surface area contributed by atoms with Crippen molar-refractivity contribution in [2.75, 3.05) is 0 Å². The molecule has 0 atom stereocenters. The van der Waals surface area contributed by atoms with Gasteiger partial charge >= 0.3 is 0 Å². The Bertz CT molecular complexity index is 3150. The van der Waals surface area contributed by atoms with Crippen LogP contribution in [0.2, 0.25) is 0 Å². The van der Waals surface area contributed by atoms with E-state index in [2.05, 4.69) is 220 Å². The quantitative estimate of drug-likeness (QED) is 0.155. The highest BCUT2D eigenvalue weighted by Crippen LogP contribution is 2.54. The number of rotatable bonds is 5. The van der Waals surface area contributed by atoms with Gasteiger partial charge in [0.05, 0.1) is 0 Å². The van der Waals surface area contributed by atoms with Crippen LogP contribution in [0.15, 0.2) is 206 Å². The molecule has 0 fully saturated rings. The Morgan fingerprint density at radius 1 is 0.263 bits per heavy atom. The van der Waals surface area contributed by atoms with Crippen LogP contribution < -0.4 is 0 Å². The lowest BCUT2D eigenvalue weighted by atomic mass is 9.79.